The van der Waals surface area contributed by atoms with Crippen molar-refractivity contribution in [2.45, 2.75) is 13.8 Å². The highest BCUT2D eigenvalue weighted by atomic mass is 35.5. The van der Waals surface area contributed by atoms with Crippen LogP contribution >= 0.6 is 11.6 Å². The van der Waals surface area contributed by atoms with Gasteiger partial charge in [0.2, 0.25) is 5.91 Å². The molecule has 1 rings (SSSR count). The minimum atomic E-state index is -0.552. The maximum Gasteiger partial charge on any atom is 0.257 e. The van der Waals surface area contributed by atoms with E-state index < -0.39 is 5.91 Å². The van der Waals surface area contributed by atoms with Crippen LogP contribution in [0.25, 0.3) is 0 Å². The Hall–Kier alpha value is -1.62. The van der Waals surface area contributed by atoms with E-state index in [1.165, 1.54) is 11.1 Å². The predicted octanol–water partition coefficient (Wildman–Crippen LogP) is 1.32. The molecule has 0 bridgehead atoms. The highest BCUT2D eigenvalue weighted by Gasteiger charge is 2.21. The standard InChI is InChI=1S/C12H16ClN3O2/c1-8(2)6-16(7-10(14)17)12(18)9-4-3-5-15-11(9)13/h3-5,8H,6-7H2,1-2H3,(H2,14,17). The van der Waals surface area contributed by atoms with Crippen LogP contribution in [0.5, 0.6) is 0 Å². The first-order chi connectivity index (χ1) is 8.41. The minimum absolute atomic E-state index is 0.123. The fraction of sp³-hybridized carbons (Fsp3) is 0.417. The van der Waals surface area contributed by atoms with Crippen LogP contribution in [0.3, 0.4) is 0 Å². The van der Waals surface area contributed by atoms with Crippen molar-refractivity contribution in [1.29, 1.82) is 0 Å². The zero-order valence-electron chi connectivity index (χ0n) is 10.4. The summed E-state index contributed by atoms with van der Waals surface area (Å²) in [6.45, 7) is 4.22. The molecule has 0 saturated heterocycles. The van der Waals surface area contributed by atoms with Crippen LogP contribution in [0.2, 0.25) is 5.15 Å². The number of pyridine rings is 1. The van der Waals surface area contributed by atoms with E-state index in [0.29, 0.717) is 6.54 Å². The second kappa shape index (κ2) is 6.35. The molecule has 0 radical (unpaired) electrons. The summed E-state index contributed by atoms with van der Waals surface area (Å²) in [5.41, 5.74) is 5.42. The summed E-state index contributed by atoms with van der Waals surface area (Å²) in [5.74, 6) is -0.659. The molecule has 1 aromatic heterocycles. The lowest BCUT2D eigenvalue weighted by Gasteiger charge is -2.23. The van der Waals surface area contributed by atoms with Gasteiger partial charge in [-0.2, -0.15) is 0 Å². The first kappa shape index (κ1) is 14.4. The fourth-order valence-corrected chi connectivity index (χ4v) is 1.76. The third kappa shape index (κ3) is 4.00. The van der Waals surface area contributed by atoms with Crippen molar-refractivity contribution in [2.75, 3.05) is 13.1 Å². The number of nitrogens with zero attached hydrogens (tertiary/aromatic N) is 2. The van der Waals surface area contributed by atoms with Crippen molar-refractivity contribution in [3.63, 3.8) is 0 Å². The summed E-state index contributed by atoms with van der Waals surface area (Å²) in [6.07, 6.45) is 1.50. The van der Waals surface area contributed by atoms with Crippen molar-refractivity contribution in [1.82, 2.24) is 9.88 Å². The molecule has 98 valence electrons. The molecule has 0 aliphatic rings. The molecule has 0 spiro atoms. The number of primary amides is 1. The molecule has 0 fully saturated rings. The first-order valence-electron chi connectivity index (χ1n) is 5.60. The molecule has 0 aliphatic carbocycles. The predicted molar refractivity (Wildman–Crippen MR) is 69.2 cm³/mol. The van der Waals surface area contributed by atoms with Gasteiger partial charge in [0.25, 0.3) is 5.91 Å². The molecule has 2 amide bonds. The molecule has 6 heteroatoms. The molecule has 0 aromatic carbocycles. The van der Waals surface area contributed by atoms with E-state index >= 15 is 0 Å². The van der Waals surface area contributed by atoms with E-state index in [2.05, 4.69) is 4.98 Å². The fourth-order valence-electron chi connectivity index (χ4n) is 1.56. The van der Waals surface area contributed by atoms with Crippen LogP contribution < -0.4 is 5.73 Å². The number of rotatable bonds is 5. The Morgan fingerprint density at radius 1 is 1.50 bits per heavy atom. The van der Waals surface area contributed by atoms with Gasteiger partial charge in [0.1, 0.15) is 5.15 Å². The van der Waals surface area contributed by atoms with E-state index in [1.807, 2.05) is 13.8 Å². The normalized spacial score (nSPS) is 10.4. The second-order valence-corrected chi connectivity index (χ2v) is 4.75. The van der Waals surface area contributed by atoms with Crippen LogP contribution in [-0.4, -0.2) is 34.8 Å². The third-order valence-electron chi connectivity index (χ3n) is 2.21. The van der Waals surface area contributed by atoms with Gasteiger partial charge < -0.3 is 10.6 Å². The average Bonchev–Trinajstić information content (AvgIpc) is 2.26. The number of hydrogen-bond acceptors (Lipinski definition) is 3. The quantitative estimate of drug-likeness (QED) is 0.819. The molecule has 0 unspecified atom stereocenters. The minimum Gasteiger partial charge on any atom is -0.368 e. The summed E-state index contributed by atoms with van der Waals surface area (Å²) in [6, 6.07) is 3.20. The van der Waals surface area contributed by atoms with Crippen molar-refractivity contribution >= 4 is 23.4 Å². The number of carbonyl (C=O) groups is 2. The Morgan fingerprint density at radius 2 is 2.17 bits per heavy atom. The molecular formula is C12H16ClN3O2. The Kier molecular flexibility index (Phi) is 5.09. The molecule has 0 atom stereocenters. The lowest BCUT2D eigenvalue weighted by molar-refractivity contribution is -0.118. The summed E-state index contributed by atoms with van der Waals surface area (Å²) in [7, 11) is 0. The summed E-state index contributed by atoms with van der Waals surface area (Å²) < 4.78 is 0. The second-order valence-electron chi connectivity index (χ2n) is 4.39. The van der Waals surface area contributed by atoms with Gasteiger partial charge in [-0.25, -0.2) is 4.98 Å². The highest BCUT2D eigenvalue weighted by Crippen LogP contribution is 2.15. The number of aromatic nitrogens is 1. The maximum atomic E-state index is 12.2. The lowest BCUT2D eigenvalue weighted by atomic mass is 10.1. The summed E-state index contributed by atoms with van der Waals surface area (Å²) in [5, 5.41) is 0.126. The number of amides is 2. The van der Waals surface area contributed by atoms with E-state index in [0.717, 1.165) is 0 Å². The largest absolute Gasteiger partial charge is 0.368 e. The molecule has 2 N–H and O–H groups in total. The van der Waals surface area contributed by atoms with E-state index in [-0.39, 0.29) is 29.1 Å². The van der Waals surface area contributed by atoms with Gasteiger partial charge in [-0.1, -0.05) is 25.4 Å². The van der Waals surface area contributed by atoms with Crippen molar-refractivity contribution in [3.8, 4) is 0 Å². The zero-order chi connectivity index (χ0) is 13.7. The number of halogens is 1. The van der Waals surface area contributed by atoms with Gasteiger partial charge in [-0.3, -0.25) is 9.59 Å². The first-order valence-corrected chi connectivity index (χ1v) is 5.97. The highest BCUT2D eigenvalue weighted by molar-refractivity contribution is 6.32. The van der Waals surface area contributed by atoms with Gasteiger partial charge in [-0.15, -0.1) is 0 Å². The molecule has 18 heavy (non-hydrogen) atoms. The van der Waals surface area contributed by atoms with Gasteiger partial charge >= 0.3 is 0 Å². The third-order valence-corrected chi connectivity index (χ3v) is 2.51. The molecular weight excluding hydrogens is 254 g/mol. The molecule has 1 heterocycles. The van der Waals surface area contributed by atoms with Gasteiger partial charge in [-0.05, 0) is 18.1 Å². The van der Waals surface area contributed by atoms with Crippen LogP contribution in [0.15, 0.2) is 18.3 Å². The van der Waals surface area contributed by atoms with E-state index in [9.17, 15) is 9.59 Å². The topological polar surface area (TPSA) is 76.3 Å². The van der Waals surface area contributed by atoms with Crippen LogP contribution in [0, 0.1) is 5.92 Å². The van der Waals surface area contributed by atoms with E-state index in [1.54, 1.807) is 12.1 Å². The molecule has 1 aromatic rings. The Morgan fingerprint density at radius 3 is 2.67 bits per heavy atom. The molecule has 5 nitrogen and oxygen atoms in total. The van der Waals surface area contributed by atoms with Crippen LogP contribution in [-0.2, 0) is 4.79 Å². The number of nitrogens with two attached hydrogens (primary N) is 1. The maximum absolute atomic E-state index is 12.2. The summed E-state index contributed by atoms with van der Waals surface area (Å²) in [4.78, 5) is 28.4. The molecule has 0 aliphatic heterocycles. The van der Waals surface area contributed by atoms with Gasteiger partial charge in [0.15, 0.2) is 0 Å². The monoisotopic (exact) mass is 269 g/mol. The van der Waals surface area contributed by atoms with Crippen LogP contribution in [0.1, 0.15) is 24.2 Å². The Balaban J connectivity index is 2.95. The van der Waals surface area contributed by atoms with Crippen LogP contribution in [0.4, 0.5) is 0 Å². The van der Waals surface area contributed by atoms with Crippen molar-refractivity contribution in [3.05, 3.63) is 29.0 Å². The van der Waals surface area contributed by atoms with Crippen molar-refractivity contribution < 1.29 is 9.59 Å². The summed E-state index contributed by atoms with van der Waals surface area (Å²) >= 11 is 5.86. The number of hydrogen-bond donors (Lipinski definition) is 1. The average molecular weight is 270 g/mol. The van der Waals surface area contributed by atoms with Gasteiger partial charge in [0, 0.05) is 12.7 Å². The van der Waals surface area contributed by atoms with Crippen molar-refractivity contribution in [2.24, 2.45) is 11.7 Å². The number of carbonyl (C=O) groups excluding carboxylic acids is 2. The van der Waals surface area contributed by atoms with E-state index in [4.69, 9.17) is 17.3 Å². The lowest BCUT2D eigenvalue weighted by Crippen LogP contribution is -2.40. The van der Waals surface area contributed by atoms with Gasteiger partial charge in [0.05, 0.1) is 12.1 Å². The zero-order valence-corrected chi connectivity index (χ0v) is 11.1. The SMILES string of the molecule is CC(C)CN(CC(N)=O)C(=O)c1cccnc1Cl. The Labute approximate surface area is 111 Å². The smallest absolute Gasteiger partial charge is 0.257 e. The molecule has 0 saturated carbocycles. The Bertz CT molecular complexity index is 449.